The van der Waals surface area contributed by atoms with Gasteiger partial charge in [-0.1, -0.05) is 68.1 Å². The van der Waals surface area contributed by atoms with E-state index in [-0.39, 0.29) is 29.4 Å². The largest absolute Gasteiger partial charge is 0.573 e. The van der Waals surface area contributed by atoms with Crippen LogP contribution in [0.1, 0.15) is 37.8 Å². The molecule has 0 aliphatic carbocycles. The number of amidine groups is 1. The number of halogens is 3. The summed E-state index contributed by atoms with van der Waals surface area (Å²) >= 11 is 1.24. The van der Waals surface area contributed by atoms with Gasteiger partial charge in [-0.15, -0.1) is 18.3 Å². The number of benzene rings is 3. The molecule has 0 radical (unpaired) electrons. The van der Waals surface area contributed by atoms with E-state index in [1.54, 1.807) is 0 Å². The number of carbonyl (C=O) groups excluding carboxylic acids is 2. The van der Waals surface area contributed by atoms with E-state index in [0.29, 0.717) is 16.7 Å². The van der Waals surface area contributed by atoms with E-state index in [9.17, 15) is 22.8 Å². The lowest BCUT2D eigenvalue weighted by molar-refractivity contribution is -0.274. The number of thioether (sulfide) groups is 1. The van der Waals surface area contributed by atoms with E-state index in [1.807, 2.05) is 69.3 Å². The van der Waals surface area contributed by atoms with Crippen molar-refractivity contribution in [2.45, 2.75) is 45.5 Å². The molecule has 13 heteroatoms. The summed E-state index contributed by atoms with van der Waals surface area (Å²) in [6, 6.07) is 19.7. The number of aliphatic imine (C=N–C) groups is 1. The smallest absolute Gasteiger partial charge is 0.406 e. The third-order valence-corrected chi connectivity index (χ3v) is 8.12. The van der Waals surface area contributed by atoms with E-state index < -0.39 is 12.4 Å². The molecule has 3 amide bonds. The fourth-order valence-electron chi connectivity index (χ4n) is 4.69. The van der Waals surface area contributed by atoms with Crippen LogP contribution in [0.4, 0.5) is 23.7 Å². The van der Waals surface area contributed by atoms with Gasteiger partial charge in [-0.3, -0.25) is 9.69 Å². The Bertz CT molecular complexity index is 1670. The lowest BCUT2D eigenvalue weighted by Gasteiger charge is -2.22. The molecule has 3 aromatic carbocycles. The number of aromatic nitrogens is 3. The summed E-state index contributed by atoms with van der Waals surface area (Å²) in [5, 5.41) is 7.72. The Morgan fingerprint density at radius 2 is 1.77 bits per heavy atom. The molecule has 0 saturated carbocycles. The maximum atomic E-state index is 12.9. The highest BCUT2D eigenvalue weighted by molar-refractivity contribution is 8.15. The molecule has 1 aliphatic rings. The number of carbonyl (C=O) groups is 2. The number of anilines is 1. The Morgan fingerprint density at radius 3 is 2.45 bits per heavy atom. The molecular weight excluding hydrogens is 593 g/mol. The molecule has 1 aromatic heterocycles. The molecule has 1 N–H and O–H groups in total. The van der Waals surface area contributed by atoms with Gasteiger partial charge in [0.2, 0.25) is 5.91 Å². The van der Waals surface area contributed by atoms with Crippen LogP contribution in [-0.4, -0.2) is 50.0 Å². The molecule has 1 aliphatic heterocycles. The third kappa shape index (κ3) is 7.10. The van der Waals surface area contributed by atoms with E-state index in [2.05, 4.69) is 25.1 Å². The van der Waals surface area contributed by atoms with E-state index in [1.165, 1.54) is 51.9 Å². The second-order valence-corrected chi connectivity index (χ2v) is 11.0. The summed E-state index contributed by atoms with van der Waals surface area (Å²) in [7, 11) is 0. The van der Waals surface area contributed by atoms with Crippen LogP contribution in [0.2, 0.25) is 0 Å². The van der Waals surface area contributed by atoms with E-state index in [4.69, 9.17) is 0 Å². The van der Waals surface area contributed by atoms with E-state index >= 15 is 0 Å². The number of hydrogen-bond donors (Lipinski definition) is 1. The minimum atomic E-state index is -4.76. The number of alkyl halides is 3. The average molecular weight is 623 g/mol. The fraction of sp³-hybridized carbons (Fsp3) is 0.258. The van der Waals surface area contributed by atoms with Gasteiger partial charge < -0.3 is 10.1 Å². The topological polar surface area (TPSA) is 102 Å². The summed E-state index contributed by atoms with van der Waals surface area (Å²) in [4.78, 5) is 35.6. The Balaban J connectivity index is 1.22. The number of para-hydroxylation sites is 1. The molecule has 44 heavy (non-hydrogen) atoms. The number of urea groups is 1. The summed E-state index contributed by atoms with van der Waals surface area (Å²) < 4.78 is 42.6. The zero-order valence-electron chi connectivity index (χ0n) is 24.1. The number of nitrogens with one attached hydrogen (secondary N) is 1. The second kappa shape index (κ2) is 12.9. The number of hydrogen-bond acceptors (Lipinski definition) is 6. The number of amides is 3. The quantitative estimate of drug-likeness (QED) is 0.234. The number of ether oxygens (including phenoxy) is 1. The third-order valence-electron chi connectivity index (χ3n) is 7.20. The molecule has 1 saturated heterocycles. The Hall–Kier alpha value is -4.65. The predicted octanol–water partition coefficient (Wildman–Crippen LogP) is 6.73. The Morgan fingerprint density at radius 1 is 1.07 bits per heavy atom. The maximum absolute atomic E-state index is 12.9. The Kier molecular flexibility index (Phi) is 9.04. The summed E-state index contributed by atoms with van der Waals surface area (Å²) in [6.07, 6.45) is -2.54. The van der Waals surface area contributed by atoms with Crippen molar-refractivity contribution in [3.05, 3.63) is 90.3 Å². The molecule has 4 aromatic rings. The van der Waals surface area contributed by atoms with Crippen molar-refractivity contribution in [2.24, 2.45) is 4.99 Å². The van der Waals surface area contributed by atoms with Crippen molar-refractivity contribution >= 4 is 34.6 Å². The minimum Gasteiger partial charge on any atom is -0.406 e. The highest BCUT2D eigenvalue weighted by atomic mass is 32.2. The van der Waals surface area contributed by atoms with Gasteiger partial charge in [0, 0.05) is 17.5 Å². The summed E-state index contributed by atoms with van der Waals surface area (Å²) in [5.74, 6) is 0.160. The molecule has 0 bridgehead atoms. The first-order chi connectivity index (χ1) is 21.0. The summed E-state index contributed by atoms with van der Waals surface area (Å²) in [5.41, 5.74) is 3.98. The van der Waals surface area contributed by atoms with Gasteiger partial charge in [-0.2, -0.15) is 4.99 Å². The number of nitrogens with zero attached hydrogens (tertiary/aromatic N) is 5. The van der Waals surface area contributed by atoms with Crippen molar-refractivity contribution in [1.82, 2.24) is 20.1 Å². The van der Waals surface area contributed by atoms with Crippen molar-refractivity contribution in [2.75, 3.05) is 10.7 Å². The van der Waals surface area contributed by atoms with Gasteiger partial charge in [0.1, 0.15) is 12.1 Å². The van der Waals surface area contributed by atoms with Gasteiger partial charge >= 0.3 is 12.4 Å². The van der Waals surface area contributed by atoms with Crippen LogP contribution in [0.3, 0.4) is 0 Å². The van der Waals surface area contributed by atoms with Gasteiger partial charge in [0.05, 0.1) is 17.1 Å². The predicted molar refractivity (Wildman–Crippen MR) is 163 cm³/mol. The normalized spacial score (nSPS) is 15.8. The number of rotatable bonds is 8. The van der Waals surface area contributed by atoms with Crippen LogP contribution in [-0.2, 0) is 11.2 Å². The standard InChI is InChI=1S/C31H29F3N6O3S/c1-4-21-7-5-6-8-26(21)40-27(41)17-44-30(40)37-29(42)36-20(3)19(2)22-9-11-23(12-10-22)28-35-18-39(38-28)24-13-15-25(16-14-24)43-31(32,33)34/h5-16,18-20H,4,17H2,1-3H3,(H,36,42). The first kappa shape index (κ1) is 30.8. The first-order valence-corrected chi connectivity index (χ1v) is 14.8. The lowest BCUT2D eigenvalue weighted by Crippen LogP contribution is -2.36. The summed E-state index contributed by atoms with van der Waals surface area (Å²) in [6.45, 7) is 5.89. The van der Waals surface area contributed by atoms with Crippen LogP contribution in [0, 0.1) is 0 Å². The highest BCUT2D eigenvalue weighted by Crippen LogP contribution is 2.30. The minimum absolute atomic E-state index is 0.0640. The van der Waals surface area contributed by atoms with Crippen molar-refractivity contribution in [3.8, 4) is 22.8 Å². The van der Waals surface area contributed by atoms with Crippen molar-refractivity contribution < 1.29 is 27.5 Å². The monoisotopic (exact) mass is 622 g/mol. The van der Waals surface area contributed by atoms with Crippen molar-refractivity contribution in [1.29, 1.82) is 0 Å². The SMILES string of the molecule is CCc1ccccc1N1C(=O)CSC1=NC(=O)NC(C)C(C)c1ccc(-c2ncn(-c3ccc(OC(F)(F)F)cc3)n2)cc1. The van der Waals surface area contributed by atoms with Crippen LogP contribution < -0.4 is 15.0 Å². The van der Waals surface area contributed by atoms with Gasteiger partial charge in [0.25, 0.3) is 0 Å². The molecule has 9 nitrogen and oxygen atoms in total. The van der Waals surface area contributed by atoms with E-state index in [0.717, 1.165) is 28.8 Å². The Labute approximate surface area is 256 Å². The molecule has 2 atom stereocenters. The van der Waals surface area contributed by atoms with Crippen LogP contribution in [0.25, 0.3) is 17.1 Å². The zero-order valence-corrected chi connectivity index (χ0v) is 24.9. The van der Waals surface area contributed by atoms with Gasteiger partial charge in [-0.05, 0) is 54.8 Å². The average Bonchev–Trinajstić information content (AvgIpc) is 3.63. The highest BCUT2D eigenvalue weighted by Gasteiger charge is 2.32. The molecular formula is C31H29F3N6O3S. The van der Waals surface area contributed by atoms with Crippen LogP contribution in [0.5, 0.6) is 5.75 Å². The van der Waals surface area contributed by atoms with Gasteiger partial charge in [-0.25, -0.2) is 14.5 Å². The first-order valence-electron chi connectivity index (χ1n) is 13.8. The second-order valence-electron chi connectivity index (χ2n) is 10.1. The number of aryl methyl sites for hydroxylation is 1. The molecule has 5 rings (SSSR count). The molecule has 1 fully saturated rings. The molecule has 228 valence electrons. The zero-order chi connectivity index (χ0) is 31.4. The van der Waals surface area contributed by atoms with Crippen LogP contribution in [0.15, 0.2) is 84.1 Å². The molecule has 2 unspecified atom stereocenters. The fourth-order valence-corrected chi connectivity index (χ4v) is 5.55. The van der Waals surface area contributed by atoms with Crippen LogP contribution >= 0.6 is 11.8 Å². The molecule has 2 heterocycles. The van der Waals surface area contributed by atoms with Gasteiger partial charge in [0.15, 0.2) is 11.0 Å². The lowest BCUT2D eigenvalue weighted by atomic mass is 9.93. The molecule has 0 spiro atoms. The maximum Gasteiger partial charge on any atom is 0.573 e. The van der Waals surface area contributed by atoms with Crippen molar-refractivity contribution in [3.63, 3.8) is 0 Å².